The SMILES string of the molecule is O=C(OCCCO)C(F)(F)F.[Rf]. The maximum Gasteiger partial charge on any atom is 0.490 e. The van der Waals surface area contributed by atoms with E-state index in [-0.39, 0.29) is 13.0 Å². The summed E-state index contributed by atoms with van der Waals surface area (Å²) in [7, 11) is 0. The molecule has 0 saturated heterocycles. The van der Waals surface area contributed by atoms with E-state index in [2.05, 4.69) is 4.74 Å². The van der Waals surface area contributed by atoms with Crippen molar-refractivity contribution >= 4 is 5.97 Å². The van der Waals surface area contributed by atoms with Crippen LogP contribution in [0.25, 0.3) is 0 Å². The summed E-state index contributed by atoms with van der Waals surface area (Å²) >= 11 is 0. The fourth-order valence-corrected chi connectivity index (χ4v) is 0.311. The monoisotopic (exact) mass is 439 g/mol. The Morgan fingerprint density at radius 1 is 1.42 bits per heavy atom. The van der Waals surface area contributed by atoms with Crippen LogP contribution in [0.2, 0.25) is 0 Å². The molecule has 0 spiro atoms. The Balaban J connectivity index is 0. The molecule has 0 unspecified atom stereocenters. The number of esters is 1. The third-order valence-electron chi connectivity index (χ3n) is 0.767. The van der Waals surface area contributed by atoms with Crippen molar-refractivity contribution < 1.29 is 27.8 Å². The van der Waals surface area contributed by atoms with E-state index in [0.29, 0.717) is 0 Å². The van der Waals surface area contributed by atoms with Gasteiger partial charge in [0.25, 0.3) is 0 Å². The van der Waals surface area contributed by atoms with Crippen molar-refractivity contribution in [3.8, 4) is 0 Å². The maximum absolute atomic E-state index is 11.3. The fourth-order valence-electron chi connectivity index (χ4n) is 0.311. The van der Waals surface area contributed by atoms with Gasteiger partial charge < -0.3 is 9.84 Å². The minimum absolute atomic E-state index is 0. The molecule has 0 heterocycles. The smallest absolute Gasteiger partial charge is 0.459 e. The van der Waals surface area contributed by atoms with Gasteiger partial charge in [-0.05, 0) is 0 Å². The van der Waals surface area contributed by atoms with Gasteiger partial charge in [-0.25, -0.2) is 4.79 Å². The minimum atomic E-state index is -4.94. The van der Waals surface area contributed by atoms with E-state index in [0.717, 1.165) is 0 Å². The van der Waals surface area contributed by atoms with Crippen LogP contribution in [0, 0.1) is 0 Å². The maximum atomic E-state index is 11.3. The van der Waals surface area contributed by atoms with E-state index in [1.165, 1.54) is 0 Å². The van der Waals surface area contributed by atoms with Crippen molar-refractivity contribution in [2.75, 3.05) is 13.2 Å². The molecule has 0 atom stereocenters. The predicted octanol–water partition coefficient (Wildman–Crippen LogP) is 0.474. The second kappa shape index (κ2) is 4.95. The number of hydrogen-bond acceptors (Lipinski definition) is 3. The van der Waals surface area contributed by atoms with E-state index < -0.39 is 18.8 Å². The number of halogens is 3. The van der Waals surface area contributed by atoms with Crippen LogP contribution in [0.5, 0.6) is 0 Å². The van der Waals surface area contributed by atoms with Gasteiger partial charge in [-0.1, -0.05) is 0 Å². The molecule has 12 heavy (non-hydrogen) atoms. The van der Waals surface area contributed by atoms with E-state index in [1.807, 2.05) is 0 Å². The van der Waals surface area contributed by atoms with Crippen molar-refractivity contribution in [2.45, 2.75) is 12.6 Å². The van der Waals surface area contributed by atoms with Crippen LogP contribution in [0.15, 0.2) is 0 Å². The molecule has 0 saturated carbocycles. The summed E-state index contributed by atoms with van der Waals surface area (Å²) < 4.78 is 37.7. The van der Waals surface area contributed by atoms with Gasteiger partial charge in [-0.2, -0.15) is 13.2 Å². The Labute approximate surface area is 60.8 Å². The number of aliphatic hydroxyl groups is 1. The third-order valence-corrected chi connectivity index (χ3v) is 0.767. The molecule has 1 N–H and O–H groups in total. The molecule has 0 radical (unpaired) electrons. The van der Waals surface area contributed by atoms with Crippen LogP contribution in [0.1, 0.15) is 6.42 Å². The molecule has 68 valence electrons. The molecule has 0 aliphatic heterocycles. The molecule has 0 fully saturated rings. The summed E-state index contributed by atoms with van der Waals surface area (Å²) in [4.78, 5) is 9.91. The number of carbonyl (C=O) groups is 1. The molecular formula is C5H7F3O3Rf. The number of aliphatic hydroxyl groups excluding tert-OH is 1. The van der Waals surface area contributed by atoms with Crippen LogP contribution in [-0.2, 0) is 9.53 Å². The molecular weight excluding hydrogens is 432 g/mol. The number of ether oxygens (including phenoxy) is 1. The van der Waals surface area contributed by atoms with Crippen LogP contribution < -0.4 is 0 Å². The third kappa shape index (κ3) is 5.04. The van der Waals surface area contributed by atoms with Crippen LogP contribution >= 0.6 is 0 Å². The molecule has 0 rings (SSSR count). The van der Waals surface area contributed by atoms with Crippen molar-refractivity contribution in [3.05, 3.63) is 0 Å². The molecule has 0 aromatic carbocycles. The van der Waals surface area contributed by atoms with E-state index in [1.54, 1.807) is 0 Å². The standard InChI is InChI=1S/C5H7F3O3.Rf/c6-5(7,8)4(10)11-3-1-2-9;/h9H,1-3H2;. The van der Waals surface area contributed by atoms with Gasteiger partial charge in [0.1, 0.15) is 0 Å². The number of alkyl halides is 3. The van der Waals surface area contributed by atoms with Crippen LogP contribution in [-0.4, -0.2) is 30.5 Å². The van der Waals surface area contributed by atoms with Crippen LogP contribution in [0.3, 0.4) is 0 Å². The first-order chi connectivity index (χ1) is 4.98. The molecule has 3 nitrogen and oxygen atoms in total. The Morgan fingerprint density at radius 3 is 2.25 bits per heavy atom. The molecule has 0 amide bonds. The van der Waals surface area contributed by atoms with Gasteiger partial charge in [0.15, 0.2) is 0 Å². The summed E-state index contributed by atoms with van der Waals surface area (Å²) in [6, 6.07) is 0. The summed E-state index contributed by atoms with van der Waals surface area (Å²) in [5.74, 6) is -2.22. The van der Waals surface area contributed by atoms with Gasteiger partial charge in [0.2, 0.25) is 0 Å². The van der Waals surface area contributed by atoms with Gasteiger partial charge in [-0.15, -0.1) is 0 Å². The van der Waals surface area contributed by atoms with Crippen molar-refractivity contribution in [2.24, 2.45) is 0 Å². The van der Waals surface area contributed by atoms with Crippen molar-refractivity contribution in [1.29, 1.82) is 0 Å². The van der Waals surface area contributed by atoms with Gasteiger partial charge in [-0.3, -0.25) is 0 Å². The van der Waals surface area contributed by atoms with Gasteiger partial charge in [0, 0.05) is 13.0 Å². The first-order valence-electron chi connectivity index (χ1n) is 2.83. The molecule has 0 aliphatic rings. The molecule has 7 heteroatoms. The Morgan fingerprint density at radius 2 is 1.92 bits per heavy atom. The zero-order chi connectivity index (χ0) is 8.91. The van der Waals surface area contributed by atoms with E-state index in [4.69, 9.17) is 5.11 Å². The Kier molecular flexibility index (Phi) is 5.30. The summed E-state index contributed by atoms with van der Waals surface area (Å²) in [5.41, 5.74) is 0. The quantitative estimate of drug-likeness (QED) is 0.514. The zero-order valence-corrected chi connectivity index (χ0v) is 12.6. The first-order valence-corrected chi connectivity index (χ1v) is 2.83. The average molecular weight is 439 g/mol. The van der Waals surface area contributed by atoms with Crippen LogP contribution in [0.4, 0.5) is 13.2 Å². The average Bonchev–Trinajstić information content (AvgIpc) is 1.86. The first kappa shape index (κ1) is 12.9. The number of rotatable bonds is 3. The summed E-state index contributed by atoms with van der Waals surface area (Å²) in [6.07, 6.45) is -4.92. The van der Waals surface area contributed by atoms with E-state index >= 15 is 0 Å². The second-order valence-corrected chi connectivity index (χ2v) is 1.71. The molecule has 0 bridgehead atoms. The molecule has 0 aromatic heterocycles. The second-order valence-electron chi connectivity index (χ2n) is 1.71. The molecule has 0 aromatic rings. The number of hydrogen-bond donors (Lipinski definition) is 1. The fraction of sp³-hybridized carbons (Fsp3) is 0.800. The summed E-state index contributed by atoms with van der Waals surface area (Å²) in [6.45, 7) is -0.708. The normalized spacial score (nSPS) is 10.3. The van der Waals surface area contributed by atoms with Gasteiger partial charge >= 0.3 is 12.1 Å². The van der Waals surface area contributed by atoms with Gasteiger partial charge in [0.05, 0.1) is 6.61 Å². The largest absolute Gasteiger partial charge is 0.490 e. The Hall–Kier alpha value is -1.78. The number of carbonyl (C=O) groups excluding carboxylic acids is 1. The topological polar surface area (TPSA) is 46.5 Å². The minimum Gasteiger partial charge on any atom is -0.459 e. The van der Waals surface area contributed by atoms with E-state index in [9.17, 15) is 18.0 Å². The summed E-state index contributed by atoms with van der Waals surface area (Å²) in [5, 5.41) is 8.11. The molecule has 0 aliphatic carbocycles. The zero-order valence-electron chi connectivity index (χ0n) is 6.23. The Bertz CT molecular complexity index is 136. The van der Waals surface area contributed by atoms with Crippen molar-refractivity contribution in [1.82, 2.24) is 0 Å². The van der Waals surface area contributed by atoms with Crippen molar-refractivity contribution in [3.63, 3.8) is 0 Å². The predicted molar refractivity (Wildman–Crippen MR) is 28.7 cm³/mol.